The van der Waals surface area contributed by atoms with Crippen LogP contribution >= 0.6 is 0 Å². The van der Waals surface area contributed by atoms with Crippen LogP contribution in [0.25, 0.3) is 0 Å². The Labute approximate surface area is 126 Å². The maximum Gasteiger partial charge on any atom is 0.417 e. The molecular formula is C16H14N2O4. The normalized spacial score (nSPS) is 12.5. The Morgan fingerprint density at radius 2 is 1.91 bits per heavy atom. The van der Waals surface area contributed by atoms with Gasteiger partial charge in [-0.1, -0.05) is 12.1 Å². The SMILES string of the molecule is O=C(Nc1cccc2c1CCC2)Oc1ccc([N+](=O)[O-])cc1. The van der Waals surface area contributed by atoms with Crippen molar-refractivity contribution in [3.63, 3.8) is 0 Å². The van der Waals surface area contributed by atoms with Crippen LogP contribution in [0.2, 0.25) is 0 Å². The van der Waals surface area contributed by atoms with Crippen LogP contribution in [0.3, 0.4) is 0 Å². The number of aryl methyl sites for hydroxylation is 1. The number of nitrogens with one attached hydrogen (secondary N) is 1. The number of nitrogens with zero attached hydrogens (tertiary/aromatic N) is 1. The predicted molar refractivity (Wildman–Crippen MR) is 81.2 cm³/mol. The Balaban J connectivity index is 1.68. The van der Waals surface area contributed by atoms with Crippen LogP contribution < -0.4 is 10.1 Å². The number of hydrogen-bond acceptors (Lipinski definition) is 4. The molecule has 0 saturated heterocycles. The second-order valence-electron chi connectivity index (χ2n) is 5.06. The van der Waals surface area contributed by atoms with Crippen molar-refractivity contribution in [1.82, 2.24) is 0 Å². The van der Waals surface area contributed by atoms with E-state index in [2.05, 4.69) is 11.4 Å². The molecule has 2 aromatic rings. The highest BCUT2D eigenvalue weighted by atomic mass is 16.6. The molecule has 0 spiro atoms. The minimum absolute atomic E-state index is 0.0476. The first-order chi connectivity index (χ1) is 10.6. The monoisotopic (exact) mass is 298 g/mol. The van der Waals surface area contributed by atoms with E-state index >= 15 is 0 Å². The largest absolute Gasteiger partial charge is 0.417 e. The lowest BCUT2D eigenvalue weighted by Crippen LogP contribution is -2.17. The first-order valence-electron chi connectivity index (χ1n) is 6.97. The number of nitro benzene ring substituents is 1. The third kappa shape index (κ3) is 2.90. The highest BCUT2D eigenvalue weighted by molar-refractivity contribution is 5.87. The van der Waals surface area contributed by atoms with Gasteiger partial charge in [-0.05, 0) is 48.6 Å². The van der Waals surface area contributed by atoms with E-state index in [1.165, 1.54) is 29.8 Å². The number of ether oxygens (including phenoxy) is 1. The molecule has 22 heavy (non-hydrogen) atoms. The molecule has 1 aliphatic rings. The van der Waals surface area contributed by atoms with Gasteiger partial charge in [0.2, 0.25) is 0 Å². The summed E-state index contributed by atoms with van der Waals surface area (Å²) in [5.74, 6) is 0.260. The molecule has 112 valence electrons. The second-order valence-corrected chi connectivity index (χ2v) is 5.06. The van der Waals surface area contributed by atoms with Gasteiger partial charge in [0.25, 0.3) is 5.69 Å². The van der Waals surface area contributed by atoms with E-state index in [1.807, 2.05) is 12.1 Å². The number of carbonyl (C=O) groups excluding carboxylic acids is 1. The minimum atomic E-state index is -0.603. The minimum Gasteiger partial charge on any atom is -0.410 e. The molecule has 0 unspecified atom stereocenters. The Morgan fingerprint density at radius 1 is 1.14 bits per heavy atom. The number of amides is 1. The molecule has 0 saturated carbocycles. The highest BCUT2D eigenvalue weighted by Gasteiger charge is 2.16. The summed E-state index contributed by atoms with van der Waals surface area (Å²) >= 11 is 0. The maximum absolute atomic E-state index is 11.9. The van der Waals surface area contributed by atoms with Gasteiger partial charge < -0.3 is 4.74 Å². The molecule has 2 aromatic carbocycles. The van der Waals surface area contributed by atoms with Gasteiger partial charge in [-0.25, -0.2) is 4.79 Å². The van der Waals surface area contributed by atoms with Gasteiger partial charge in [-0.2, -0.15) is 0 Å². The molecular weight excluding hydrogens is 284 g/mol. The van der Waals surface area contributed by atoms with E-state index in [0.29, 0.717) is 0 Å². The van der Waals surface area contributed by atoms with Gasteiger partial charge in [-0.3, -0.25) is 15.4 Å². The van der Waals surface area contributed by atoms with Crippen molar-refractivity contribution in [2.75, 3.05) is 5.32 Å². The average molecular weight is 298 g/mol. The van der Waals surface area contributed by atoms with Crippen molar-refractivity contribution in [2.45, 2.75) is 19.3 Å². The Hall–Kier alpha value is -2.89. The van der Waals surface area contributed by atoms with Crippen LogP contribution in [0.1, 0.15) is 17.5 Å². The molecule has 3 rings (SSSR count). The molecule has 0 radical (unpaired) electrons. The smallest absolute Gasteiger partial charge is 0.410 e. The summed E-state index contributed by atoms with van der Waals surface area (Å²) in [4.78, 5) is 22.0. The van der Waals surface area contributed by atoms with Gasteiger partial charge in [0.1, 0.15) is 5.75 Å². The van der Waals surface area contributed by atoms with E-state index in [4.69, 9.17) is 4.74 Å². The van der Waals surface area contributed by atoms with Crippen molar-refractivity contribution < 1.29 is 14.5 Å². The van der Waals surface area contributed by atoms with Crippen molar-refractivity contribution in [3.05, 3.63) is 63.7 Å². The number of anilines is 1. The highest BCUT2D eigenvalue weighted by Crippen LogP contribution is 2.29. The zero-order chi connectivity index (χ0) is 15.5. The van der Waals surface area contributed by atoms with E-state index in [0.717, 1.165) is 30.5 Å². The van der Waals surface area contributed by atoms with Crippen LogP contribution in [-0.2, 0) is 12.8 Å². The first kappa shape index (κ1) is 14.1. The van der Waals surface area contributed by atoms with E-state index in [9.17, 15) is 14.9 Å². The van der Waals surface area contributed by atoms with Crippen molar-refractivity contribution >= 4 is 17.5 Å². The van der Waals surface area contributed by atoms with Crippen molar-refractivity contribution in [3.8, 4) is 5.75 Å². The topological polar surface area (TPSA) is 81.5 Å². The molecule has 0 fully saturated rings. The summed E-state index contributed by atoms with van der Waals surface area (Å²) < 4.78 is 5.14. The fraction of sp³-hybridized carbons (Fsp3) is 0.188. The number of hydrogen-bond donors (Lipinski definition) is 1. The molecule has 1 amide bonds. The zero-order valence-electron chi connectivity index (χ0n) is 11.7. The quantitative estimate of drug-likeness (QED) is 0.692. The van der Waals surface area contributed by atoms with Crippen LogP contribution in [0.4, 0.5) is 16.2 Å². The summed E-state index contributed by atoms with van der Waals surface area (Å²) in [6, 6.07) is 11.2. The fourth-order valence-electron chi connectivity index (χ4n) is 2.62. The second kappa shape index (κ2) is 5.85. The first-order valence-corrected chi connectivity index (χ1v) is 6.97. The third-order valence-electron chi connectivity index (χ3n) is 3.64. The summed E-state index contributed by atoms with van der Waals surface area (Å²) in [7, 11) is 0. The predicted octanol–water partition coefficient (Wildman–Crippen LogP) is 3.69. The van der Waals surface area contributed by atoms with E-state index in [1.54, 1.807) is 0 Å². The lowest BCUT2D eigenvalue weighted by atomic mass is 10.1. The number of nitro groups is 1. The van der Waals surface area contributed by atoms with Gasteiger partial charge >= 0.3 is 6.09 Å². The molecule has 6 nitrogen and oxygen atoms in total. The number of benzene rings is 2. The van der Waals surface area contributed by atoms with E-state index < -0.39 is 11.0 Å². The van der Waals surface area contributed by atoms with Gasteiger partial charge in [0, 0.05) is 17.8 Å². The lowest BCUT2D eigenvalue weighted by Gasteiger charge is -2.10. The number of non-ortho nitro benzene ring substituents is 1. The fourth-order valence-corrected chi connectivity index (χ4v) is 2.62. The molecule has 0 aliphatic heterocycles. The number of carbonyl (C=O) groups is 1. The standard InChI is InChI=1S/C16H14N2O4/c19-16(22-13-9-7-12(8-10-13)18(20)21)17-15-6-2-4-11-3-1-5-14(11)15/h2,4,6-10H,1,3,5H2,(H,17,19). The molecule has 0 heterocycles. The van der Waals surface area contributed by atoms with Crippen LogP contribution in [0.15, 0.2) is 42.5 Å². The lowest BCUT2D eigenvalue weighted by molar-refractivity contribution is -0.384. The Bertz CT molecular complexity index is 725. The van der Waals surface area contributed by atoms with Crippen LogP contribution in [-0.4, -0.2) is 11.0 Å². The molecule has 1 N–H and O–H groups in total. The molecule has 1 aliphatic carbocycles. The summed E-state index contributed by atoms with van der Waals surface area (Å²) in [6.07, 6.45) is 2.46. The van der Waals surface area contributed by atoms with Gasteiger partial charge in [-0.15, -0.1) is 0 Å². The van der Waals surface area contributed by atoms with Crippen LogP contribution in [0, 0.1) is 10.1 Å². The van der Waals surface area contributed by atoms with E-state index in [-0.39, 0.29) is 11.4 Å². The Kier molecular flexibility index (Phi) is 3.74. The maximum atomic E-state index is 11.9. The summed E-state index contributed by atoms with van der Waals surface area (Å²) in [6.45, 7) is 0. The zero-order valence-corrected chi connectivity index (χ0v) is 11.7. The Morgan fingerprint density at radius 3 is 2.64 bits per heavy atom. The average Bonchev–Trinajstić information content (AvgIpc) is 2.97. The molecule has 6 heteroatoms. The molecule has 0 aromatic heterocycles. The number of fused-ring (bicyclic) bond motifs is 1. The van der Waals surface area contributed by atoms with Crippen molar-refractivity contribution in [1.29, 1.82) is 0 Å². The summed E-state index contributed by atoms with van der Waals surface area (Å²) in [5.41, 5.74) is 3.13. The molecule has 0 atom stereocenters. The van der Waals surface area contributed by atoms with Crippen molar-refractivity contribution in [2.24, 2.45) is 0 Å². The van der Waals surface area contributed by atoms with Gasteiger partial charge in [0.05, 0.1) is 4.92 Å². The van der Waals surface area contributed by atoms with Gasteiger partial charge in [0.15, 0.2) is 0 Å². The molecule has 0 bridgehead atoms. The third-order valence-corrected chi connectivity index (χ3v) is 3.64. The van der Waals surface area contributed by atoms with Crippen LogP contribution in [0.5, 0.6) is 5.75 Å². The summed E-state index contributed by atoms with van der Waals surface area (Å²) in [5, 5.41) is 13.3. The number of rotatable bonds is 3.